The van der Waals surface area contributed by atoms with E-state index in [0.29, 0.717) is 6.54 Å². The van der Waals surface area contributed by atoms with Gasteiger partial charge < -0.3 is 15.0 Å². The first-order valence-electron chi connectivity index (χ1n) is 11.1. The lowest BCUT2D eigenvalue weighted by molar-refractivity contribution is -0.181. The fourth-order valence-electron chi connectivity index (χ4n) is 4.68. The van der Waals surface area contributed by atoms with Gasteiger partial charge in [-0.25, -0.2) is 0 Å². The highest BCUT2D eigenvalue weighted by Crippen LogP contribution is 2.34. The van der Waals surface area contributed by atoms with Crippen molar-refractivity contribution in [3.8, 4) is 0 Å². The third kappa shape index (κ3) is 5.14. The summed E-state index contributed by atoms with van der Waals surface area (Å²) in [5.41, 5.74) is 2.57. The van der Waals surface area contributed by atoms with Crippen LogP contribution >= 0.6 is 12.4 Å². The van der Waals surface area contributed by atoms with Gasteiger partial charge >= 0.3 is 0 Å². The summed E-state index contributed by atoms with van der Waals surface area (Å²) in [6.45, 7) is 5.18. The highest BCUT2D eigenvalue weighted by molar-refractivity contribution is 6.10. The first kappa shape index (κ1) is 24.2. The first-order chi connectivity index (χ1) is 15.0. The summed E-state index contributed by atoms with van der Waals surface area (Å²) < 4.78 is 6.28. The van der Waals surface area contributed by atoms with Crippen LogP contribution in [0.25, 0.3) is 0 Å². The molecule has 2 aromatic rings. The van der Waals surface area contributed by atoms with E-state index in [1.54, 1.807) is 4.90 Å². The number of piperidine rings is 1. The molecule has 4 rings (SSSR count). The van der Waals surface area contributed by atoms with Crippen molar-refractivity contribution in [2.45, 2.75) is 37.9 Å². The van der Waals surface area contributed by atoms with Crippen LogP contribution in [0.4, 0.5) is 5.69 Å². The molecular formula is C25H33ClN4O2. The summed E-state index contributed by atoms with van der Waals surface area (Å²) in [4.78, 5) is 17.0. The third-order valence-electron chi connectivity index (χ3n) is 6.54. The van der Waals surface area contributed by atoms with Gasteiger partial charge in [-0.05, 0) is 43.9 Å². The Kier molecular flexibility index (Phi) is 7.93. The maximum absolute atomic E-state index is 12.9. The van der Waals surface area contributed by atoms with Gasteiger partial charge in [0.2, 0.25) is 0 Å². The number of carbonyl (C=O) groups is 1. The van der Waals surface area contributed by atoms with Crippen LogP contribution in [0.3, 0.4) is 0 Å². The standard InChI is InChI=1S/C25H32N4O2.ClH/c1-19-24(30)29(23(26)21-10-6-7-11-22(21)27-2)18-25(31-19)13-16-28(17-14-25)15-12-20-8-4-3-5-9-20;/h3-11,19,26-27H,12-18H2,1-2H3;1H. The predicted molar refractivity (Wildman–Crippen MR) is 131 cm³/mol. The quantitative estimate of drug-likeness (QED) is 0.530. The zero-order valence-electron chi connectivity index (χ0n) is 18.8. The normalized spacial score (nSPS) is 20.6. The molecule has 0 radical (unpaired) electrons. The van der Waals surface area contributed by atoms with Crippen LogP contribution < -0.4 is 5.32 Å². The van der Waals surface area contributed by atoms with Crippen LogP contribution in [0.5, 0.6) is 0 Å². The van der Waals surface area contributed by atoms with Gasteiger partial charge in [0.25, 0.3) is 5.91 Å². The maximum atomic E-state index is 12.9. The van der Waals surface area contributed by atoms with Crippen molar-refractivity contribution in [1.29, 1.82) is 5.41 Å². The Hall–Kier alpha value is -2.41. The Labute approximate surface area is 196 Å². The molecule has 0 aromatic heterocycles. The second-order valence-corrected chi connectivity index (χ2v) is 8.59. The lowest BCUT2D eigenvalue weighted by Crippen LogP contribution is -2.62. The number of nitrogens with zero attached hydrogens (tertiary/aromatic N) is 2. The molecule has 2 heterocycles. The van der Waals surface area contributed by atoms with Crippen LogP contribution in [0, 0.1) is 5.41 Å². The van der Waals surface area contributed by atoms with E-state index in [1.807, 2.05) is 38.2 Å². The summed E-state index contributed by atoms with van der Waals surface area (Å²) in [6, 6.07) is 18.2. The monoisotopic (exact) mass is 456 g/mol. The predicted octanol–water partition coefficient (Wildman–Crippen LogP) is 3.80. The van der Waals surface area contributed by atoms with Crippen LogP contribution in [0.2, 0.25) is 0 Å². The number of amidine groups is 1. The minimum absolute atomic E-state index is 0. The van der Waals surface area contributed by atoms with Crippen LogP contribution in [0.15, 0.2) is 54.6 Å². The number of carbonyl (C=O) groups excluding carboxylic acids is 1. The van der Waals surface area contributed by atoms with Crippen molar-refractivity contribution >= 4 is 29.8 Å². The molecule has 172 valence electrons. The molecule has 1 atom stereocenters. The molecule has 2 N–H and O–H groups in total. The fourth-order valence-corrected chi connectivity index (χ4v) is 4.68. The number of benzene rings is 2. The van der Waals surface area contributed by atoms with Gasteiger partial charge in [-0.3, -0.25) is 15.1 Å². The van der Waals surface area contributed by atoms with E-state index < -0.39 is 6.10 Å². The molecule has 0 saturated carbocycles. The van der Waals surface area contributed by atoms with Crippen molar-refractivity contribution in [3.05, 3.63) is 65.7 Å². The average Bonchev–Trinajstić information content (AvgIpc) is 2.81. The Morgan fingerprint density at radius 2 is 1.78 bits per heavy atom. The van der Waals surface area contributed by atoms with Crippen LogP contribution in [-0.2, 0) is 16.0 Å². The summed E-state index contributed by atoms with van der Waals surface area (Å²) in [5.74, 6) is 0.115. The minimum atomic E-state index is -0.535. The summed E-state index contributed by atoms with van der Waals surface area (Å²) in [5, 5.41) is 11.9. The number of hydrogen-bond acceptors (Lipinski definition) is 5. The van der Waals surface area contributed by atoms with E-state index >= 15 is 0 Å². The van der Waals surface area contributed by atoms with Gasteiger partial charge in [0.05, 0.1) is 12.1 Å². The molecule has 1 unspecified atom stereocenters. The molecule has 6 nitrogen and oxygen atoms in total. The Bertz CT molecular complexity index is 929. The van der Waals surface area contributed by atoms with Crippen molar-refractivity contribution in [2.75, 3.05) is 38.5 Å². The topological polar surface area (TPSA) is 68.7 Å². The van der Waals surface area contributed by atoms with Gasteiger partial charge in [0.15, 0.2) is 0 Å². The van der Waals surface area contributed by atoms with Gasteiger partial charge in [-0.15, -0.1) is 12.4 Å². The third-order valence-corrected chi connectivity index (χ3v) is 6.54. The van der Waals surface area contributed by atoms with E-state index in [-0.39, 0.29) is 29.8 Å². The highest BCUT2D eigenvalue weighted by atomic mass is 35.5. The number of likely N-dealkylation sites (tertiary alicyclic amines) is 1. The number of anilines is 1. The lowest BCUT2D eigenvalue weighted by atomic mass is 9.88. The molecule has 1 amide bonds. The maximum Gasteiger partial charge on any atom is 0.257 e. The van der Waals surface area contributed by atoms with Crippen molar-refractivity contribution in [3.63, 3.8) is 0 Å². The van der Waals surface area contributed by atoms with Crippen molar-refractivity contribution in [2.24, 2.45) is 0 Å². The fraction of sp³-hybridized carbons (Fsp3) is 0.440. The van der Waals surface area contributed by atoms with E-state index in [9.17, 15) is 4.79 Å². The molecule has 1 spiro atoms. The number of hydrogen-bond donors (Lipinski definition) is 2. The smallest absolute Gasteiger partial charge is 0.257 e. The molecule has 32 heavy (non-hydrogen) atoms. The molecule has 2 fully saturated rings. The molecule has 0 aliphatic carbocycles. The number of morpholine rings is 1. The number of amides is 1. The number of para-hydroxylation sites is 1. The van der Waals surface area contributed by atoms with Gasteiger partial charge in [-0.2, -0.15) is 0 Å². The minimum Gasteiger partial charge on any atom is -0.388 e. The number of nitrogens with one attached hydrogen (secondary N) is 2. The first-order valence-corrected chi connectivity index (χ1v) is 11.1. The van der Waals surface area contributed by atoms with E-state index in [4.69, 9.17) is 10.1 Å². The number of ether oxygens (including phenoxy) is 1. The van der Waals surface area contributed by atoms with Gasteiger partial charge in [0, 0.05) is 37.9 Å². The van der Waals surface area contributed by atoms with Crippen LogP contribution in [0.1, 0.15) is 30.9 Å². The molecule has 2 aliphatic rings. The zero-order chi connectivity index (χ0) is 21.8. The molecule has 7 heteroatoms. The molecule has 2 aromatic carbocycles. The number of halogens is 1. The lowest BCUT2D eigenvalue weighted by Gasteiger charge is -2.49. The van der Waals surface area contributed by atoms with E-state index in [0.717, 1.165) is 50.1 Å². The summed E-state index contributed by atoms with van der Waals surface area (Å²) in [7, 11) is 1.84. The zero-order valence-corrected chi connectivity index (χ0v) is 19.7. The van der Waals surface area contributed by atoms with Crippen molar-refractivity contribution in [1.82, 2.24) is 9.80 Å². The van der Waals surface area contributed by atoms with Gasteiger partial charge in [0.1, 0.15) is 11.9 Å². The Morgan fingerprint density at radius 3 is 2.47 bits per heavy atom. The molecular weight excluding hydrogens is 424 g/mol. The SMILES string of the molecule is CNc1ccccc1C(=N)N1CC2(CCN(CCc3ccccc3)CC2)OC(C)C1=O.Cl. The Balaban J connectivity index is 0.00000289. The number of rotatable bonds is 5. The molecule has 2 saturated heterocycles. The largest absolute Gasteiger partial charge is 0.388 e. The molecule has 0 bridgehead atoms. The second-order valence-electron chi connectivity index (χ2n) is 8.59. The average molecular weight is 457 g/mol. The summed E-state index contributed by atoms with van der Waals surface area (Å²) in [6.07, 6.45) is 2.25. The second kappa shape index (κ2) is 10.5. The van der Waals surface area contributed by atoms with Gasteiger partial charge in [-0.1, -0.05) is 42.5 Å². The summed E-state index contributed by atoms with van der Waals surface area (Å²) >= 11 is 0. The molecule has 2 aliphatic heterocycles. The van der Waals surface area contributed by atoms with E-state index in [2.05, 4.69) is 40.5 Å². The van der Waals surface area contributed by atoms with Crippen molar-refractivity contribution < 1.29 is 9.53 Å². The highest BCUT2D eigenvalue weighted by Gasteiger charge is 2.46. The van der Waals surface area contributed by atoms with E-state index in [1.165, 1.54) is 5.56 Å². The van der Waals surface area contributed by atoms with Crippen LogP contribution in [-0.4, -0.2) is 66.5 Å². The Morgan fingerprint density at radius 1 is 1.12 bits per heavy atom.